The van der Waals surface area contributed by atoms with E-state index in [1.165, 1.54) is 12.1 Å². The number of hydrogen-bond donors (Lipinski definition) is 2. The van der Waals surface area contributed by atoms with Crippen molar-refractivity contribution >= 4 is 5.97 Å². The Balaban J connectivity index is 2.26. The van der Waals surface area contributed by atoms with Gasteiger partial charge in [0.25, 0.3) is 0 Å². The highest BCUT2D eigenvalue weighted by molar-refractivity contribution is 5.69. The zero-order valence-electron chi connectivity index (χ0n) is 14.9. The van der Waals surface area contributed by atoms with Crippen molar-refractivity contribution in [3.63, 3.8) is 0 Å². The van der Waals surface area contributed by atoms with Gasteiger partial charge in [-0.05, 0) is 43.5 Å². The largest absolute Gasteiger partial charge is 0.466 e. The molecule has 2 unspecified atom stereocenters. The summed E-state index contributed by atoms with van der Waals surface area (Å²) in [5.41, 5.74) is 0.846. The molecule has 0 bridgehead atoms. The van der Waals surface area contributed by atoms with Crippen LogP contribution in [0.4, 0.5) is 4.39 Å². The van der Waals surface area contributed by atoms with E-state index in [1.807, 2.05) is 0 Å². The molecule has 0 heterocycles. The second kappa shape index (κ2) is 12.9. The first-order valence-electron chi connectivity index (χ1n) is 8.62. The van der Waals surface area contributed by atoms with Crippen LogP contribution in [0.5, 0.6) is 0 Å². The van der Waals surface area contributed by atoms with Gasteiger partial charge < -0.3 is 14.9 Å². The second-order valence-electron chi connectivity index (χ2n) is 5.64. The summed E-state index contributed by atoms with van der Waals surface area (Å²) in [6, 6.07) is 5.99. The third-order valence-corrected chi connectivity index (χ3v) is 3.40. The van der Waals surface area contributed by atoms with Crippen molar-refractivity contribution in [3.05, 3.63) is 60.0 Å². The van der Waals surface area contributed by atoms with Gasteiger partial charge in [-0.15, -0.1) is 0 Å². The highest BCUT2D eigenvalue weighted by Gasteiger charge is 2.04. The minimum Gasteiger partial charge on any atom is -0.466 e. The average molecular weight is 360 g/mol. The fourth-order valence-corrected chi connectivity index (χ4v) is 2.12. The van der Waals surface area contributed by atoms with Crippen LogP contribution >= 0.6 is 0 Å². The van der Waals surface area contributed by atoms with Gasteiger partial charge >= 0.3 is 5.97 Å². The number of carbonyl (C=O) groups excluding carboxylic acids is 1. The maximum absolute atomic E-state index is 12.8. The second-order valence-corrected chi connectivity index (χ2v) is 5.64. The fraction of sp³-hybridized carbons (Fsp3) is 0.381. The molecule has 5 heteroatoms. The zero-order chi connectivity index (χ0) is 19.2. The summed E-state index contributed by atoms with van der Waals surface area (Å²) in [7, 11) is 0. The van der Waals surface area contributed by atoms with E-state index in [2.05, 4.69) is 11.8 Å². The molecule has 0 aliphatic carbocycles. The molecule has 26 heavy (non-hydrogen) atoms. The first-order valence-corrected chi connectivity index (χ1v) is 8.62. The predicted molar refractivity (Wildman–Crippen MR) is 98.7 cm³/mol. The molecule has 1 aromatic carbocycles. The van der Waals surface area contributed by atoms with Crippen LogP contribution in [0.25, 0.3) is 0 Å². The Bertz CT molecular complexity index is 653. The first kappa shape index (κ1) is 21.6. The third-order valence-electron chi connectivity index (χ3n) is 3.40. The van der Waals surface area contributed by atoms with Gasteiger partial charge in [-0.1, -0.05) is 42.2 Å². The van der Waals surface area contributed by atoms with Crippen LogP contribution in [-0.2, 0) is 16.0 Å². The number of aliphatic hydroxyl groups is 2. The summed E-state index contributed by atoms with van der Waals surface area (Å²) in [5, 5.41) is 19.5. The molecule has 0 spiro atoms. The molecule has 0 aliphatic rings. The van der Waals surface area contributed by atoms with Gasteiger partial charge in [0.1, 0.15) is 11.9 Å². The van der Waals surface area contributed by atoms with Crippen LogP contribution in [0, 0.1) is 17.7 Å². The van der Waals surface area contributed by atoms with Gasteiger partial charge in [0.2, 0.25) is 0 Å². The van der Waals surface area contributed by atoms with Crippen molar-refractivity contribution in [2.45, 2.75) is 44.8 Å². The van der Waals surface area contributed by atoms with E-state index in [1.54, 1.807) is 43.4 Å². The molecule has 0 saturated carbocycles. The van der Waals surface area contributed by atoms with Gasteiger partial charge in [-0.3, -0.25) is 4.79 Å². The normalized spacial score (nSPS) is 13.4. The topological polar surface area (TPSA) is 66.8 Å². The summed E-state index contributed by atoms with van der Waals surface area (Å²) < 4.78 is 17.6. The van der Waals surface area contributed by atoms with Crippen LogP contribution in [0.1, 0.15) is 31.7 Å². The fourth-order valence-electron chi connectivity index (χ4n) is 2.12. The minimum absolute atomic E-state index is 0.267. The molecule has 140 valence electrons. The number of aliphatic hydroxyl groups excluding tert-OH is 2. The van der Waals surface area contributed by atoms with Crippen molar-refractivity contribution in [1.82, 2.24) is 0 Å². The third kappa shape index (κ3) is 10.4. The van der Waals surface area contributed by atoms with Crippen molar-refractivity contribution < 1.29 is 24.1 Å². The molecule has 0 aliphatic heterocycles. The Hall–Kier alpha value is -2.42. The molecule has 0 radical (unpaired) electrons. The molecule has 1 rings (SSSR count). The molecular formula is C21H25FO4. The maximum atomic E-state index is 12.8. The summed E-state index contributed by atoms with van der Waals surface area (Å²) in [6.07, 6.45) is 6.63. The van der Waals surface area contributed by atoms with Gasteiger partial charge in [0.05, 0.1) is 12.7 Å². The van der Waals surface area contributed by atoms with Crippen LogP contribution in [0.2, 0.25) is 0 Å². The molecule has 1 aromatic rings. The van der Waals surface area contributed by atoms with Gasteiger partial charge in [-0.25, -0.2) is 4.39 Å². The van der Waals surface area contributed by atoms with E-state index in [-0.39, 0.29) is 18.2 Å². The van der Waals surface area contributed by atoms with E-state index >= 15 is 0 Å². The number of allylic oxidation sites excluding steroid dienone is 3. The molecule has 4 nitrogen and oxygen atoms in total. The Kier molecular flexibility index (Phi) is 10.7. The summed E-state index contributed by atoms with van der Waals surface area (Å²) in [6.45, 7) is 2.11. The lowest BCUT2D eigenvalue weighted by atomic mass is 10.1. The number of rotatable bonds is 9. The lowest BCUT2D eigenvalue weighted by molar-refractivity contribution is -0.143. The monoisotopic (exact) mass is 360 g/mol. The summed E-state index contributed by atoms with van der Waals surface area (Å²) in [4.78, 5) is 11.1. The van der Waals surface area contributed by atoms with Crippen molar-refractivity contribution in [1.29, 1.82) is 0 Å². The SMILES string of the molecule is CCOC(=O)CCCC(O)C#CC=CC=CC(O)Cc1ccc(F)cc1. The molecule has 0 aromatic heterocycles. The Morgan fingerprint density at radius 2 is 2.00 bits per heavy atom. The van der Waals surface area contributed by atoms with E-state index in [4.69, 9.17) is 4.74 Å². The van der Waals surface area contributed by atoms with Gasteiger partial charge in [0, 0.05) is 12.8 Å². The highest BCUT2D eigenvalue weighted by atomic mass is 19.1. The van der Waals surface area contributed by atoms with Crippen molar-refractivity contribution in [2.75, 3.05) is 6.61 Å². The molecule has 0 amide bonds. The summed E-state index contributed by atoms with van der Waals surface area (Å²) >= 11 is 0. The van der Waals surface area contributed by atoms with Gasteiger partial charge in [-0.2, -0.15) is 0 Å². The standard InChI is InChI=1S/C21H25FO4/c1-2-26-21(25)11-7-10-19(23)8-5-3-4-6-9-20(24)16-17-12-14-18(22)15-13-17/h3-4,6,9,12-15,19-20,23-24H,2,7,10-11,16H2,1H3. The van der Waals surface area contributed by atoms with Crippen molar-refractivity contribution in [3.8, 4) is 11.8 Å². The molecular weight excluding hydrogens is 335 g/mol. The highest BCUT2D eigenvalue weighted by Crippen LogP contribution is 2.06. The van der Waals surface area contributed by atoms with E-state index in [0.29, 0.717) is 25.9 Å². The number of hydrogen-bond acceptors (Lipinski definition) is 4. The minimum atomic E-state index is -0.790. The quantitative estimate of drug-likeness (QED) is 0.404. The van der Waals surface area contributed by atoms with Gasteiger partial charge in [0.15, 0.2) is 0 Å². The molecule has 0 fully saturated rings. The molecule has 2 N–H and O–H groups in total. The van der Waals surface area contributed by atoms with E-state index in [0.717, 1.165) is 5.56 Å². The number of esters is 1. The number of benzene rings is 1. The first-order chi connectivity index (χ1) is 12.5. The zero-order valence-corrected chi connectivity index (χ0v) is 14.9. The van der Waals surface area contributed by atoms with Crippen molar-refractivity contribution in [2.24, 2.45) is 0 Å². The molecule has 2 atom stereocenters. The number of carbonyl (C=O) groups is 1. The lowest BCUT2D eigenvalue weighted by Crippen LogP contribution is -2.07. The Labute approximate surface area is 154 Å². The smallest absolute Gasteiger partial charge is 0.305 e. The molecule has 0 saturated heterocycles. The predicted octanol–water partition coefficient (Wildman–Crippen LogP) is 2.94. The number of ether oxygens (including phenoxy) is 1. The maximum Gasteiger partial charge on any atom is 0.305 e. The van der Waals surface area contributed by atoms with Crippen LogP contribution < -0.4 is 0 Å². The van der Waals surface area contributed by atoms with Crippen LogP contribution in [-0.4, -0.2) is 35.0 Å². The lowest BCUT2D eigenvalue weighted by Gasteiger charge is -2.04. The Morgan fingerprint density at radius 1 is 1.27 bits per heavy atom. The van der Waals surface area contributed by atoms with E-state index < -0.39 is 12.2 Å². The number of halogens is 1. The van der Waals surface area contributed by atoms with Crippen LogP contribution in [0.15, 0.2) is 48.6 Å². The van der Waals surface area contributed by atoms with Crippen LogP contribution in [0.3, 0.4) is 0 Å². The average Bonchev–Trinajstić information content (AvgIpc) is 2.60. The Morgan fingerprint density at radius 3 is 2.69 bits per heavy atom. The summed E-state index contributed by atoms with van der Waals surface area (Å²) in [5.74, 6) is 4.79. The van der Waals surface area contributed by atoms with E-state index in [9.17, 15) is 19.4 Å².